The molecule has 0 saturated heterocycles. The smallest absolute Gasteiger partial charge is 0.106 e. The van der Waals surface area contributed by atoms with E-state index in [0.717, 1.165) is 16.0 Å². The summed E-state index contributed by atoms with van der Waals surface area (Å²) in [4.78, 5) is 4.15. The first kappa shape index (κ1) is 10.2. The zero-order valence-electron chi connectivity index (χ0n) is 8.37. The Hall–Kier alpha value is -1.35. The fraction of sp³-hybridized carbons (Fsp3) is 0.0833. The highest BCUT2D eigenvalue weighted by atomic mass is 79.9. The molecule has 1 aromatic carbocycles. The fourth-order valence-corrected chi connectivity index (χ4v) is 1.57. The minimum Gasteiger partial charge on any atom is -0.354 e. The molecule has 1 N–H and O–H groups in total. The van der Waals surface area contributed by atoms with Crippen molar-refractivity contribution in [2.75, 3.05) is 5.32 Å². The molecule has 0 unspecified atom stereocenters. The minimum absolute atomic E-state index is 0.845. The molecule has 0 radical (unpaired) electrons. The molecule has 15 heavy (non-hydrogen) atoms. The summed E-state index contributed by atoms with van der Waals surface area (Å²) in [6.07, 6.45) is 1.80. The van der Waals surface area contributed by atoms with E-state index in [1.807, 2.05) is 24.3 Å². The average molecular weight is 263 g/mol. The number of hydrogen-bond donors (Lipinski definition) is 1. The second-order valence-electron chi connectivity index (χ2n) is 3.36. The number of aromatic nitrogens is 1. The zero-order chi connectivity index (χ0) is 10.7. The van der Waals surface area contributed by atoms with Crippen molar-refractivity contribution in [2.24, 2.45) is 0 Å². The van der Waals surface area contributed by atoms with Crippen LogP contribution < -0.4 is 5.32 Å². The van der Waals surface area contributed by atoms with Gasteiger partial charge in [-0.1, -0.05) is 12.1 Å². The Kier molecular flexibility index (Phi) is 3.02. The van der Waals surface area contributed by atoms with Crippen molar-refractivity contribution in [1.82, 2.24) is 4.98 Å². The molecule has 0 fully saturated rings. The third-order valence-corrected chi connectivity index (χ3v) is 2.50. The Morgan fingerprint density at radius 2 is 2.00 bits per heavy atom. The van der Waals surface area contributed by atoms with Gasteiger partial charge in [-0.05, 0) is 52.7 Å². The number of nitrogens with zero attached hydrogens (tertiary/aromatic N) is 1. The van der Waals surface area contributed by atoms with Crippen LogP contribution in [0, 0.1) is 6.92 Å². The summed E-state index contributed by atoms with van der Waals surface area (Å²) < 4.78 is 0.845. The van der Waals surface area contributed by atoms with E-state index in [1.54, 1.807) is 6.20 Å². The van der Waals surface area contributed by atoms with Gasteiger partial charge in [0.05, 0.1) is 11.9 Å². The highest BCUT2D eigenvalue weighted by Crippen LogP contribution is 2.17. The van der Waals surface area contributed by atoms with Gasteiger partial charge in [-0.15, -0.1) is 0 Å². The first-order chi connectivity index (χ1) is 7.24. The zero-order valence-corrected chi connectivity index (χ0v) is 9.95. The normalized spacial score (nSPS) is 10.0. The van der Waals surface area contributed by atoms with Gasteiger partial charge >= 0.3 is 0 Å². The van der Waals surface area contributed by atoms with E-state index in [4.69, 9.17) is 0 Å². The van der Waals surface area contributed by atoms with Crippen molar-refractivity contribution in [3.63, 3.8) is 0 Å². The summed E-state index contributed by atoms with van der Waals surface area (Å²) >= 11 is 3.30. The van der Waals surface area contributed by atoms with E-state index in [1.165, 1.54) is 5.56 Å². The van der Waals surface area contributed by atoms with E-state index < -0.39 is 0 Å². The molecule has 0 amide bonds. The fourth-order valence-electron chi connectivity index (χ4n) is 1.34. The number of benzene rings is 1. The van der Waals surface area contributed by atoms with Gasteiger partial charge in [0.15, 0.2) is 0 Å². The molecule has 0 aliphatic rings. The van der Waals surface area contributed by atoms with E-state index in [-0.39, 0.29) is 0 Å². The molecule has 1 heterocycles. The van der Waals surface area contributed by atoms with Crippen LogP contribution in [0.3, 0.4) is 0 Å². The Morgan fingerprint density at radius 1 is 1.13 bits per heavy atom. The molecular weight excluding hydrogens is 252 g/mol. The molecule has 2 aromatic rings. The minimum atomic E-state index is 0.845. The van der Waals surface area contributed by atoms with Gasteiger partial charge in [0.25, 0.3) is 0 Å². The number of hydrogen-bond acceptors (Lipinski definition) is 2. The number of anilines is 2. The van der Waals surface area contributed by atoms with Crippen molar-refractivity contribution in [2.45, 2.75) is 6.92 Å². The average Bonchev–Trinajstić information content (AvgIpc) is 2.22. The van der Waals surface area contributed by atoms with Crippen LogP contribution in [0.4, 0.5) is 11.4 Å². The van der Waals surface area contributed by atoms with Crippen LogP contribution in [0.5, 0.6) is 0 Å². The predicted molar refractivity (Wildman–Crippen MR) is 66.4 cm³/mol. The second-order valence-corrected chi connectivity index (χ2v) is 4.18. The van der Waals surface area contributed by atoms with Crippen molar-refractivity contribution in [3.8, 4) is 0 Å². The van der Waals surface area contributed by atoms with Gasteiger partial charge in [0, 0.05) is 5.69 Å². The summed E-state index contributed by atoms with van der Waals surface area (Å²) in [5.41, 5.74) is 3.31. The Morgan fingerprint density at radius 3 is 2.67 bits per heavy atom. The molecule has 0 atom stereocenters. The van der Waals surface area contributed by atoms with Gasteiger partial charge in [-0.2, -0.15) is 0 Å². The standard InChI is InChI=1S/C12H11BrN2/c1-9-3-2-4-10(7-9)15-11-5-6-12(13)14-8-11/h2-8,15H,1H3. The predicted octanol–water partition coefficient (Wildman–Crippen LogP) is 3.90. The third kappa shape index (κ3) is 2.80. The van der Waals surface area contributed by atoms with Crippen molar-refractivity contribution < 1.29 is 0 Å². The molecule has 0 bridgehead atoms. The van der Waals surface area contributed by atoms with Crippen LogP contribution in [-0.2, 0) is 0 Å². The van der Waals surface area contributed by atoms with Gasteiger partial charge in [0.1, 0.15) is 4.60 Å². The van der Waals surface area contributed by atoms with E-state index >= 15 is 0 Å². The summed E-state index contributed by atoms with van der Waals surface area (Å²) in [6.45, 7) is 2.07. The lowest BCUT2D eigenvalue weighted by Gasteiger charge is -2.06. The molecule has 76 valence electrons. The van der Waals surface area contributed by atoms with E-state index in [9.17, 15) is 0 Å². The van der Waals surface area contributed by atoms with Gasteiger partial charge in [0.2, 0.25) is 0 Å². The maximum atomic E-state index is 4.15. The summed E-state index contributed by atoms with van der Waals surface area (Å²) in [6, 6.07) is 12.1. The molecule has 0 aliphatic carbocycles. The largest absolute Gasteiger partial charge is 0.354 e. The molecule has 1 aromatic heterocycles. The maximum absolute atomic E-state index is 4.15. The Bertz CT molecular complexity index is 451. The lowest BCUT2D eigenvalue weighted by molar-refractivity contribution is 1.27. The maximum Gasteiger partial charge on any atom is 0.106 e. The highest BCUT2D eigenvalue weighted by Gasteiger charge is 1.95. The van der Waals surface area contributed by atoms with E-state index in [0.29, 0.717) is 0 Å². The third-order valence-electron chi connectivity index (χ3n) is 2.03. The summed E-state index contributed by atoms with van der Waals surface area (Å²) in [5.74, 6) is 0. The summed E-state index contributed by atoms with van der Waals surface area (Å²) in [7, 11) is 0. The molecule has 0 spiro atoms. The van der Waals surface area contributed by atoms with Crippen LogP contribution >= 0.6 is 15.9 Å². The van der Waals surface area contributed by atoms with Crippen LogP contribution in [-0.4, -0.2) is 4.98 Å². The van der Waals surface area contributed by atoms with Crippen LogP contribution in [0.25, 0.3) is 0 Å². The van der Waals surface area contributed by atoms with Crippen LogP contribution in [0.2, 0.25) is 0 Å². The van der Waals surface area contributed by atoms with Gasteiger partial charge in [-0.3, -0.25) is 0 Å². The Labute approximate surface area is 97.5 Å². The first-order valence-electron chi connectivity index (χ1n) is 4.69. The number of aryl methyl sites for hydroxylation is 1. The molecule has 2 nitrogen and oxygen atoms in total. The van der Waals surface area contributed by atoms with Crippen LogP contribution in [0.1, 0.15) is 5.56 Å². The van der Waals surface area contributed by atoms with Crippen molar-refractivity contribution in [3.05, 3.63) is 52.8 Å². The highest BCUT2D eigenvalue weighted by molar-refractivity contribution is 9.10. The van der Waals surface area contributed by atoms with Gasteiger partial charge in [-0.25, -0.2) is 4.98 Å². The lowest BCUT2D eigenvalue weighted by Crippen LogP contribution is -1.91. The molecule has 0 aliphatic heterocycles. The quantitative estimate of drug-likeness (QED) is 0.831. The number of halogens is 1. The molecule has 3 heteroatoms. The monoisotopic (exact) mass is 262 g/mol. The topological polar surface area (TPSA) is 24.9 Å². The number of nitrogens with one attached hydrogen (secondary N) is 1. The lowest BCUT2D eigenvalue weighted by atomic mass is 10.2. The molecule has 0 saturated carbocycles. The van der Waals surface area contributed by atoms with Crippen LogP contribution in [0.15, 0.2) is 47.2 Å². The first-order valence-corrected chi connectivity index (χ1v) is 5.48. The second kappa shape index (κ2) is 4.45. The SMILES string of the molecule is Cc1cccc(Nc2ccc(Br)nc2)c1. The van der Waals surface area contributed by atoms with Crippen molar-refractivity contribution >= 4 is 27.3 Å². The number of pyridine rings is 1. The van der Waals surface area contributed by atoms with Crippen molar-refractivity contribution in [1.29, 1.82) is 0 Å². The number of rotatable bonds is 2. The van der Waals surface area contributed by atoms with Gasteiger partial charge < -0.3 is 5.32 Å². The Balaban J connectivity index is 2.18. The molecular formula is C12H11BrN2. The van der Waals surface area contributed by atoms with E-state index in [2.05, 4.69) is 45.3 Å². The summed E-state index contributed by atoms with van der Waals surface area (Å²) in [5, 5.41) is 3.29. The molecule has 2 rings (SSSR count).